The second-order valence-electron chi connectivity index (χ2n) is 1.62. The molecule has 0 saturated heterocycles. The number of hydrogen-bond acceptors (Lipinski definition) is 4. The number of hydrogen-bond donors (Lipinski definition) is 0. The number of rotatable bonds is 1. The third-order valence-corrected chi connectivity index (χ3v) is 1.75. The van der Waals surface area contributed by atoms with Gasteiger partial charge in [-0.25, -0.2) is 9.78 Å². The van der Waals surface area contributed by atoms with E-state index in [4.69, 9.17) is 0 Å². The van der Waals surface area contributed by atoms with Crippen LogP contribution in [0.2, 0.25) is 0 Å². The van der Waals surface area contributed by atoms with Gasteiger partial charge in [0, 0.05) is 11.1 Å². The van der Waals surface area contributed by atoms with Crippen LogP contribution in [-0.2, 0) is 4.74 Å². The molecule has 1 radical (unpaired) electrons. The minimum Gasteiger partial charge on any atom is -0.464 e. The van der Waals surface area contributed by atoms with Crippen LogP contribution in [0.1, 0.15) is 14.7 Å². The van der Waals surface area contributed by atoms with Gasteiger partial charge in [-0.15, -0.1) is 11.3 Å². The van der Waals surface area contributed by atoms with Crippen molar-refractivity contribution in [3.8, 4) is 0 Å². The van der Waals surface area contributed by atoms with Crippen LogP contribution in [0.25, 0.3) is 0 Å². The van der Waals surface area contributed by atoms with Gasteiger partial charge in [-0.3, -0.25) is 0 Å². The van der Waals surface area contributed by atoms with Gasteiger partial charge in [0.15, 0.2) is 0 Å². The maximum absolute atomic E-state index is 10.7. The van der Waals surface area contributed by atoms with E-state index in [-0.39, 0.29) is 0 Å². The van der Waals surface area contributed by atoms with Crippen molar-refractivity contribution in [1.82, 2.24) is 4.98 Å². The molecule has 0 saturated carbocycles. The Morgan fingerprint density at radius 3 is 3.00 bits per heavy atom. The summed E-state index contributed by atoms with van der Waals surface area (Å²) in [4.78, 5) is 15.3. The van der Waals surface area contributed by atoms with Crippen molar-refractivity contribution in [3.05, 3.63) is 23.0 Å². The van der Waals surface area contributed by atoms with E-state index < -0.39 is 5.97 Å². The van der Waals surface area contributed by atoms with E-state index in [9.17, 15) is 4.79 Å². The fraction of sp³-hybridized carbons (Fsp3) is 0.167. The lowest BCUT2D eigenvalue weighted by Gasteiger charge is -1.89. The molecule has 4 heteroatoms. The largest absolute Gasteiger partial charge is 0.464 e. The first-order valence-electron chi connectivity index (χ1n) is 2.60. The molecule has 0 aromatic carbocycles. The topological polar surface area (TPSA) is 39.2 Å². The Morgan fingerprint density at radius 2 is 2.60 bits per heavy atom. The zero-order valence-corrected chi connectivity index (χ0v) is 6.27. The normalized spacial score (nSPS) is 9.40. The summed E-state index contributed by atoms with van der Waals surface area (Å²) < 4.78 is 4.43. The van der Waals surface area contributed by atoms with E-state index in [0.717, 1.165) is 4.88 Å². The third kappa shape index (κ3) is 1.33. The van der Waals surface area contributed by atoms with Crippen molar-refractivity contribution >= 4 is 17.3 Å². The van der Waals surface area contributed by atoms with Crippen LogP contribution in [0.5, 0.6) is 0 Å². The number of methoxy groups -OCH3 is 1. The molecule has 3 nitrogen and oxygen atoms in total. The van der Waals surface area contributed by atoms with E-state index >= 15 is 0 Å². The zero-order chi connectivity index (χ0) is 7.56. The molecule has 0 aliphatic heterocycles. The predicted octanol–water partition coefficient (Wildman–Crippen LogP) is 1.11. The van der Waals surface area contributed by atoms with Crippen molar-refractivity contribution in [1.29, 1.82) is 0 Å². The van der Waals surface area contributed by atoms with Crippen LogP contribution in [0.4, 0.5) is 0 Å². The van der Waals surface area contributed by atoms with E-state index in [1.54, 1.807) is 0 Å². The molecule has 0 bridgehead atoms. The molecule has 0 spiro atoms. The second kappa shape index (κ2) is 2.79. The number of aromatic nitrogens is 1. The maximum Gasteiger partial charge on any atom is 0.367 e. The van der Waals surface area contributed by atoms with Gasteiger partial charge in [-0.2, -0.15) is 0 Å². The molecule has 1 aromatic heterocycles. The molecule has 10 heavy (non-hydrogen) atoms. The number of thiazole rings is 1. The number of ether oxygens (including phenoxy) is 1. The van der Waals surface area contributed by atoms with Crippen molar-refractivity contribution in [2.75, 3.05) is 7.11 Å². The Labute approximate surface area is 62.7 Å². The van der Waals surface area contributed by atoms with Gasteiger partial charge in [0.1, 0.15) is 0 Å². The molecule has 0 aliphatic rings. The average molecular weight is 156 g/mol. The van der Waals surface area contributed by atoms with Crippen LogP contribution in [-0.4, -0.2) is 18.1 Å². The summed E-state index contributed by atoms with van der Waals surface area (Å²) in [6.45, 7) is 3.61. The molecule has 1 aromatic rings. The van der Waals surface area contributed by atoms with Crippen LogP contribution in [0, 0.1) is 6.92 Å². The van der Waals surface area contributed by atoms with E-state index in [1.807, 2.05) is 0 Å². The summed E-state index contributed by atoms with van der Waals surface area (Å²) >= 11 is 1.22. The van der Waals surface area contributed by atoms with E-state index in [2.05, 4.69) is 16.6 Å². The molecule has 0 atom stereocenters. The molecular formula is C6H6NO2S. The lowest BCUT2D eigenvalue weighted by Crippen LogP contribution is -1.98. The fourth-order valence-electron chi connectivity index (χ4n) is 0.489. The highest BCUT2D eigenvalue weighted by Crippen LogP contribution is 2.11. The molecule has 1 heterocycles. The highest BCUT2D eigenvalue weighted by atomic mass is 32.1. The van der Waals surface area contributed by atoms with Crippen LogP contribution < -0.4 is 0 Å². The summed E-state index contributed by atoms with van der Waals surface area (Å²) in [5.41, 5.74) is 0. The van der Waals surface area contributed by atoms with E-state index in [0.29, 0.717) is 5.01 Å². The zero-order valence-electron chi connectivity index (χ0n) is 5.46. The molecule has 53 valence electrons. The minimum atomic E-state index is -0.403. The lowest BCUT2D eigenvalue weighted by atomic mass is 10.6. The Kier molecular flexibility index (Phi) is 2.01. The number of nitrogens with zero attached hydrogens (tertiary/aromatic N) is 1. The third-order valence-electron chi connectivity index (χ3n) is 0.914. The van der Waals surface area contributed by atoms with Crippen molar-refractivity contribution in [2.45, 2.75) is 0 Å². The molecule has 0 fully saturated rings. The first-order valence-corrected chi connectivity index (χ1v) is 3.42. The van der Waals surface area contributed by atoms with Gasteiger partial charge >= 0.3 is 5.97 Å². The van der Waals surface area contributed by atoms with Crippen LogP contribution in [0.3, 0.4) is 0 Å². The second-order valence-corrected chi connectivity index (χ2v) is 2.74. The maximum atomic E-state index is 10.7. The van der Waals surface area contributed by atoms with Gasteiger partial charge in [0.25, 0.3) is 0 Å². The fourth-order valence-corrected chi connectivity index (χ4v) is 1.12. The molecule has 0 unspecified atom stereocenters. The molecule has 0 aliphatic carbocycles. The standard InChI is InChI=1S/C6H6NO2S/c1-4-3-7-5(10-4)6(8)9-2/h3H,1H2,2H3. The first kappa shape index (κ1) is 7.21. The molecule has 0 amide bonds. The van der Waals surface area contributed by atoms with Crippen LogP contribution in [0.15, 0.2) is 6.20 Å². The van der Waals surface area contributed by atoms with Crippen molar-refractivity contribution < 1.29 is 9.53 Å². The smallest absolute Gasteiger partial charge is 0.367 e. The molecular weight excluding hydrogens is 150 g/mol. The van der Waals surface area contributed by atoms with Crippen molar-refractivity contribution in [2.24, 2.45) is 0 Å². The van der Waals surface area contributed by atoms with Gasteiger partial charge < -0.3 is 4.74 Å². The Morgan fingerprint density at radius 1 is 1.90 bits per heavy atom. The lowest BCUT2D eigenvalue weighted by molar-refractivity contribution is 0.0600. The van der Waals surface area contributed by atoms with Gasteiger partial charge in [-0.05, 0) is 6.92 Å². The van der Waals surface area contributed by atoms with Crippen LogP contribution >= 0.6 is 11.3 Å². The Bertz CT molecular complexity index is 244. The SMILES string of the molecule is [CH2]c1cnc(C(=O)OC)s1. The summed E-state index contributed by atoms with van der Waals surface area (Å²) in [6, 6.07) is 0. The average Bonchev–Trinajstić information content (AvgIpc) is 2.34. The summed E-state index contributed by atoms with van der Waals surface area (Å²) in [6.07, 6.45) is 1.54. The van der Waals surface area contributed by atoms with E-state index in [1.165, 1.54) is 24.6 Å². The van der Waals surface area contributed by atoms with Gasteiger partial charge in [0.2, 0.25) is 5.01 Å². The quantitative estimate of drug-likeness (QED) is 0.572. The summed E-state index contributed by atoms with van der Waals surface area (Å²) in [7, 11) is 1.33. The monoisotopic (exact) mass is 156 g/mol. The number of esters is 1. The predicted molar refractivity (Wildman–Crippen MR) is 37.9 cm³/mol. The number of carbonyl (C=O) groups excluding carboxylic acids is 1. The number of carbonyl (C=O) groups is 1. The molecule has 1 rings (SSSR count). The van der Waals surface area contributed by atoms with Gasteiger partial charge in [0.05, 0.1) is 7.11 Å². The van der Waals surface area contributed by atoms with Crippen molar-refractivity contribution in [3.63, 3.8) is 0 Å². The van der Waals surface area contributed by atoms with Gasteiger partial charge in [-0.1, -0.05) is 0 Å². The Hall–Kier alpha value is -0.900. The summed E-state index contributed by atoms with van der Waals surface area (Å²) in [5.74, 6) is -0.403. The Balaban J connectivity index is 2.85. The highest BCUT2D eigenvalue weighted by Gasteiger charge is 2.08. The first-order chi connectivity index (χ1) is 4.74. The minimum absolute atomic E-state index is 0.354. The summed E-state index contributed by atoms with van der Waals surface area (Å²) in [5, 5.41) is 0.354. The highest BCUT2D eigenvalue weighted by molar-refractivity contribution is 7.13. The molecule has 0 N–H and O–H groups in total.